The molecule has 0 spiro atoms. The molecule has 2 N–H and O–H groups in total. The summed E-state index contributed by atoms with van der Waals surface area (Å²) < 4.78 is 1.83. The quantitative estimate of drug-likeness (QED) is 0.604. The second-order valence-electron chi connectivity index (χ2n) is 7.51. The van der Waals surface area contributed by atoms with E-state index in [0.717, 1.165) is 11.4 Å². The van der Waals surface area contributed by atoms with Crippen molar-refractivity contribution >= 4 is 22.8 Å². The molecule has 28 heavy (non-hydrogen) atoms. The third-order valence-corrected chi connectivity index (χ3v) is 5.04. The van der Waals surface area contributed by atoms with Gasteiger partial charge in [-0.2, -0.15) is 0 Å². The van der Waals surface area contributed by atoms with Crippen molar-refractivity contribution in [3.8, 4) is 5.75 Å². The molecule has 6 nitrogen and oxygen atoms in total. The van der Waals surface area contributed by atoms with Gasteiger partial charge >= 0.3 is 0 Å². The lowest BCUT2D eigenvalue weighted by atomic mass is 9.76. The van der Waals surface area contributed by atoms with Crippen LogP contribution in [0, 0.1) is 6.92 Å². The highest BCUT2D eigenvalue weighted by atomic mass is 16.3. The Morgan fingerprint density at radius 2 is 1.64 bits per heavy atom. The van der Waals surface area contributed by atoms with Crippen molar-refractivity contribution in [1.82, 2.24) is 0 Å². The predicted molar refractivity (Wildman–Crippen MR) is 108 cm³/mol. The third-order valence-electron chi connectivity index (χ3n) is 5.04. The minimum atomic E-state index is -0.461. The summed E-state index contributed by atoms with van der Waals surface area (Å²) in [6, 6.07) is 3.34. The molecule has 0 saturated heterocycles. The van der Waals surface area contributed by atoms with E-state index in [1.807, 2.05) is 49.8 Å². The summed E-state index contributed by atoms with van der Waals surface area (Å²) >= 11 is 0. The van der Waals surface area contributed by atoms with Crippen LogP contribution in [0.3, 0.4) is 0 Å². The average Bonchev–Trinajstić information content (AvgIpc) is 2.60. The third kappa shape index (κ3) is 2.91. The number of nitrogens with zero attached hydrogens (tertiary/aromatic N) is 2. The number of aliphatic hydroxyl groups excluding tert-OH is 1. The fourth-order valence-electron chi connectivity index (χ4n) is 3.51. The van der Waals surface area contributed by atoms with E-state index in [1.165, 1.54) is 12.1 Å². The van der Waals surface area contributed by atoms with Crippen LogP contribution in [-0.2, 0) is 4.79 Å². The minimum Gasteiger partial charge on any atom is -0.871 e. The molecule has 6 heteroatoms. The first kappa shape index (κ1) is 19.5. The number of Topliss-reactive ketones (excluding diaryl/α,β-unsaturated/α-hetero) is 1. The predicted octanol–water partition coefficient (Wildman–Crippen LogP) is 1.83. The Balaban J connectivity index is 2.17. The molecule has 0 radical (unpaired) electrons. The minimum absolute atomic E-state index is 0.0363. The molecule has 3 rings (SSSR count). The van der Waals surface area contributed by atoms with E-state index in [1.54, 1.807) is 13.8 Å². The summed E-state index contributed by atoms with van der Waals surface area (Å²) in [4.78, 5) is 14.7. The largest absolute Gasteiger partial charge is 0.871 e. The molecule has 0 aliphatic heterocycles. The van der Waals surface area contributed by atoms with E-state index in [4.69, 9.17) is 0 Å². The lowest BCUT2D eigenvalue weighted by molar-refractivity contribution is -0.462. The van der Waals surface area contributed by atoms with Crippen LogP contribution in [0.15, 0.2) is 52.5 Å². The molecular formula is C22H24N2O4. The summed E-state index contributed by atoms with van der Waals surface area (Å²) in [7, 11) is 7.37. The van der Waals surface area contributed by atoms with Gasteiger partial charge in [-0.05, 0) is 31.1 Å². The van der Waals surface area contributed by atoms with Crippen LogP contribution < -0.4 is 10.0 Å². The number of aliphatic hydroxyl groups is 1. The zero-order valence-corrected chi connectivity index (χ0v) is 16.9. The number of benzene rings is 1. The van der Waals surface area contributed by atoms with Gasteiger partial charge in [-0.15, -0.1) is 0 Å². The fraction of sp³-hybridized carbons (Fsp3) is 0.273. The second kappa shape index (κ2) is 6.71. The molecule has 146 valence electrons. The molecule has 1 aromatic rings. The van der Waals surface area contributed by atoms with Crippen LogP contribution in [-0.4, -0.2) is 54.5 Å². The maximum atomic E-state index is 12.9. The van der Waals surface area contributed by atoms with Gasteiger partial charge in [0.05, 0.1) is 6.08 Å². The van der Waals surface area contributed by atoms with E-state index < -0.39 is 11.5 Å². The van der Waals surface area contributed by atoms with Gasteiger partial charge in [0.15, 0.2) is 5.78 Å². The van der Waals surface area contributed by atoms with Crippen molar-refractivity contribution in [2.45, 2.75) is 13.8 Å². The molecule has 1 aromatic carbocycles. The fourth-order valence-corrected chi connectivity index (χ4v) is 3.51. The molecule has 0 unspecified atom stereocenters. The van der Waals surface area contributed by atoms with Crippen molar-refractivity contribution in [3.05, 3.63) is 63.6 Å². The zero-order valence-electron chi connectivity index (χ0n) is 16.9. The molecule has 0 aromatic heterocycles. The van der Waals surface area contributed by atoms with Crippen LogP contribution in [0.4, 0.5) is 5.69 Å². The number of allylic oxidation sites excluding steroid dienone is 5. The van der Waals surface area contributed by atoms with Gasteiger partial charge in [-0.1, -0.05) is 5.76 Å². The molecular weight excluding hydrogens is 356 g/mol. The van der Waals surface area contributed by atoms with Crippen LogP contribution in [0.25, 0.3) is 5.57 Å². The number of carbonyl (C=O) groups is 1. The standard InChI is InChI=1S/C22H24N2O4/c1-11-7-13(23(3)4)9-15(25)17(11)19-21(27)20(22(19)28)18-12(2)8-14(24(5)6)10-16(18)26/h7-10H,1-6H3,(H2,25,26,27,28). The number of aromatic hydroxyl groups is 1. The van der Waals surface area contributed by atoms with E-state index in [2.05, 4.69) is 0 Å². The van der Waals surface area contributed by atoms with E-state index >= 15 is 0 Å². The van der Waals surface area contributed by atoms with Crippen molar-refractivity contribution in [2.24, 2.45) is 0 Å². The smallest absolute Gasteiger partial charge is 0.203 e. The molecule has 0 saturated carbocycles. The van der Waals surface area contributed by atoms with E-state index in [-0.39, 0.29) is 33.8 Å². The molecule has 0 heterocycles. The molecule has 0 atom stereocenters. The first-order valence-corrected chi connectivity index (χ1v) is 8.90. The maximum absolute atomic E-state index is 12.9. The van der Waals surface area contributed by atoms with E-state index in [0.29, 0.717) is 11.1 Å². The van der Waals surface area contributed by atoms with Gasteiger partial charge in [0.25, 0.3) is 0 Å². The van der Waals surface area contributed by atoms with Gasteiger partial charge in [-0.3, -0.25) is 4.79 Å². The Morgan fingerprint density at radius 3 is 2.11 bits per heavy atom. The van der Waals surface area contributed by atoms with E-state index in [9.17, 15) is 20.1 Å². The lowest BCUT2D eigenvalue weighted by Crippen LogP contribution is -2.32. The number of anilines is 1. The number of ketones is 1. The van der Waals surface area contributed by atoms with Crippen LogP contribution in [0.2, 0.25) is 0 Å². The number of aryl methyl sites for hydroxylation is 1. The SMILES string of the molecule is CC1=CC(=[N+](C)C)C=C(O)/C1=C1/C(=O)C(c2c(C)cc(N(C)C)cc2O)=C1[O-]. The Hall–Kier alpha value is -3.28. The number of rotatable bonds is 2. The zero-order chi connectivity index (χ0) is 20.9. The van der Waals surface area contributed by atoms with Crippen LogP contribution in [0.5, 0.6) is 5.75 Å². The number of phenols is 1. The average molecular weight is 380 g/mol. The first-order valence-electron chi connectivity index (χ1n) is 8.90. The van der Waals surface area contributed by atoms with Crippen LogP contribution in [0.1, 0.15) is 18.1 Å². The highest BCUT2D eigenvalue weighted by molar-refractivity contribution is 6.40. The topological polar surface area (TPSA) is 86.8 Å². The van der Waals surface area contributed by atoms with Gasteiger partial charge in [0, 0.05) is 54.2 Å². The summed E-state index contributed by atoms with van der Waals surface area (Å²) in [6.07, 6.45) is 3.34. The lowest BCUT2D eigenvalue weighted by Gasteiger charge is -2.34. The van der Waals surface area contributed by atoms with Crippen molar-refractivity contribution in [1.29, 1.82) is 0 Å². The number of hydrogen-bond donors (Lipinski definition) is 2. The van der Waals surface area contributed by atoms with Crippen molar-refractivity contribution < 1.29 is 24.7 Å². The van der Waals surface area contributed by atoms with Gasteiger partial charge in [0.2, 0.25) is 5.71 Å². The molecule has 2 aliphatic rings. The molecule has 2 aliphatic carbocycles. The Morgan fingerprint density at radius 1 is 1.00 bits per heavy atom. The summed E-state index contributed by atoms with van der Waals surface area (Å²) in [5.74, 6) is -1.14. The highest BCUT2D eigenvalue weighted by Crippen LogP contribution is 2.44. The Bertz CT molecular complexity index is 1020. The molecule has 0 fully saturated rings. The summed E-state index contributed by atoms with van der Waals surface area (Å²) in [5, 5.41) is 33.8. The number of phenolic OH excluding ortho intramolecular Hbond substituents is 1. The Kier molecular flexibility index (Phi) is 4.67. The monoisotopic (exact) mass is 380 g/mol. The number of hydrogen-bond acceptors (Lipinski definition) is 5. The summed E-state index contributed by atoms with van der Waals surface area (Å²) in [5.41, 5.74) is 3.27. The van der Waals surface area contributed by atoms with Gasteiger partial charge < -0.3 is 20.2 Å². The van der Waals surface area contributed by atoms with Gasteiger partial charge in [0.1, 0.15) is 25.6 Å². The number of carbonyl (C=O) groups excluding carboxylic acids is 1. The molecule has 0 amide bonds. The van der Waals surface area contributed by atoms with Crippen molar-refractivity contribution in [3.63, 3.8) is 0 Å². The maximum Gasteiger partial charge on any atom is 0.203 e. The summed E-state index contributed by atoms with van der Waals surface area (Å²) in [6.45, 7) is 3.50. The normalized spacial score (nSPS) is 19.4. The highest BCUT2D eigenvalue weighted by Gasteiger charge is 2.36. The molecule has 0 bridgehead atoms. The van der Waals surface area contributed by atoms with Gasteiger partial charge in [-0.25, -0.2) is 4.58 Å². The van der Waals surface area contributed by atoms with Crippen molar-refractivity contribution in [2.75, 3.05) is 33.1 Å². The first-order chi connectivity index (χ1) is 13.0. The van der Waals surface area contributed by atoms with Crippen LogP contribution >= 0.6 is 0 Å². The second-order valence-corrected chi connectivity index (χ2v) is 7.51. The Labute approximate surface area is 164 Å².